The topological polar surface area (TPSA) is 55.0 Å². The Labute approximate surface area is 98.1 Å². The van der Waals surface area contributed by atoms with Crippen molar-refractivity contribution >= 4 is 27.4 Å². The Balaban J connectivity index is 1.97. The van der Waals surface area contributed by atoms with Gasteiger partial charge in [0, 0.05) is 13.1 Å². The minimum absolute atomic E-state index is 0.614. The molecular weight excluding hydrogens is 220 g/mol. The largest absolute Gasteiger partial charge is 0.356 e. The molecule has 2 aromatic rings. The summed E-state index contributed by atoms with van der Waals surface area (Å²) in [4.78, 5) is 12.1. The van der Waals surface area contributed by atoms with E-state index >= 15 is 0 Å². The molecule has 1 aliphatic heterocycles. The number of thiophene rings is 1. The number of fused-ring (bicyclic) bond motifs is 1. The molecule has 4 nitrogen and oxygen atoms in total. The van der Waals surface area contributed by atoms with Crippen LogP contribution in [-0.2, 0) is 0 Å². The maximum absolute atomic E-state index is 5.71. The molecule has 3 rings (SSSR count). The summed E-state index contributed by atoms with van der Waals surface area (Å²) in [6, 6.07) is 2.10. The fourth-order valence-electron chi connectivity index (χ4n) is 2.25. The van der Waals surface area contributed by atoms with Crippen LogP contribution in [0.25, 0.3) is 10.2 Å². The van der Waals surface area contributed by atoms with Crippen LogP contribution in [0, 0.1) is 5.92 Å². The standard InChI is InChI=1S/C11H14N4S/c12-5-8-1-3-15(6-8)10-9-2-4-16-11(9)14-7-13-10/h2,4,7-8H,1,3,5-6,12H2. The predicted octanol–water partition coefficient (Wildman–Crippen LogP) is 1.48. The maximum atomic E-state index is 5.71. The highest BCUT2D eigenvalue weighted by Gasteiger charge is 2.23. The number of hydrogen-bond acceptors (Lipinski definition) is 5. The van der Waals surface area contributed by atoms with Gasteiger partial charge < -0.3 is 10.6 Å². The summed E-state index contributed by atoms with van der Waals surface area (Å²) in [5.74, 6) is 1.69. The molecule has 0 radical (unpaired) electrons. The average molecular weight is 234 g/mol. The van der Waals surface area contributed by atoms with Crippen LogP contribution in [0.5, 0.6) is 0 Å². The monoisotopic (exact) mass is 234 g/mol. The first-order valence-corrected chi connectivity index (χ1v) is 6.39. The third kappa shape index (κ3) is 1.56. The average Bonchev–Trinajstić information content (AvgIpc) is 2.97. The lowest BCUT2D eigenvalue weighted by Gasteiger charge is -2.17. The summed E-state index contributed by atoms with van der Waals surface area (Å²) in [6.45, 7) is 2.86. The quantitative estimate of drug-likeness (QED) is 0.855. The molecular formula is C11H14N4S. The van der Waals surface area contributed by atoms with Crippen LogP contribution in [0.1, 0.15) is 6.42 Å². The van der Waals surface area contributed by atoms with Crippen molar-refractivity contribution in [3.63, 3.8) is 0 Å². The Morgan fingerprint density at radius 2 is 2.44 bits per heavy atom. The number of nitrogens with two attached hydrogens (primary N) is 1. The van der Waals surface area contributed by atoms with E-state index in [0.29, 0.717) is 5.92 Å². The number of aromatic nitrogens is 2. The zero-order valence-corrected chi connectivity index (χ0v) is 9.78. The van der Waals surface area contributed by atoms with Gasteiger partial charge in [0.1, 0.15) is 17.0 Å². The Morgan fingerprint density at radius 1 is 1.50 bits per heavy atom. The second-order valence-electron chi connectivity index (χ2n) is 4.17. The third-order valence-corrected chi connectivity index (χ3v) is 3.98. The summed E-state index contributed by atoms with van der Waals surface area (Å²) in [6.07, 6.45) is 2.83. The van der Waals surface area contributed by atoms with Crippen molar-refractivity contribution in [2.45, 2.75) is 6.42 Å². The minimum Gasteiger partial charge on any atom is -0.356 e. The van der Waals surface area contributed by atoms with Gasteiger partial charge in [0.15, 0.2) is 0 Å². The molecule has 0 amide bonds. The summed E-state index contributed by atoms with van der Waals surface area (Å²) in [5, 5.41) is 3.24. The number of hydrogen-bond donors (Lipinski definition) is 1. The lowest BCUT2D eigenvalue weighted by molar-refractivity contribution is 0.602. The van der Waals surface area contributed by atoms with Gasteiger partial charge >= 0.3 is 0 Å². The third-order valence-electron chi connectivity index (χ3n) is 3.16. The highest BCUT2D eigenvalue weighted by atomic mass is 32.1. The molecule has 0 bridgehead atoms. The molecule has 0 spiro atoms. The zero-order valence-electron chi connectivity index (χ0n) is 8.97. The molecule has 0 saturated carbocycles. The van der Waals surface area contributed by atoms with E-state index in [4.69, 9.17) is 5.73 Å². The Hall–Kier alpha value is -1.20. The smallest absolute Gasteiger partial charge is 0.140 e. The molecule has 1 saturated heterocycles. The maximum Gasteiger partial charge on any atom is 0.140 e. The molecule has 2 aromatic heterocycles. The van der Waals surface area contributed by atoms with Crippen molar-refractivity contribution in [2.24, 2.45) is 11.7 Å². The SMILES string of the molecule is NCC1CCN(c2ncnc3sccc23)C1. The van der Waals surface area contributed by atoms with Gasteiger partial charge in [0.05, 0.1) is 5.39 Å². The first kappa shape index (κ1) is 9.99. The van der Waals surface area contributed by atoms with Crippen LogP contribution in [0.15, 0.2) is 17.8 Å². The molecule has 3 heterocycles. The fraction of sp³-hybridized carbons (Fsp3) is 0.455. The van der Waals surface area contributed by atoms with Crippen molar-refractivity contribution in [1.29, 1.82) is 0 Å². The van der Waals surface area contributed by atoms with Crippen LogP contribution >= 0.6 is 11.3 Å². The molecule has 0 aromatic carbocycles. The molecule has 0 aliphatic carbocycles. The minimum atomic E-state index is 0.614. The van der Waals surface area contributed by atoms with Gasteiger partial charge in [0.2, 0.25) is 0 Å². The fourth-order valence-corrected chi connectivity index (χ4v) is 2.97. The van der Waals surface area contributed by atoms with E-state index in [0.717, 1.165) is 30.3 Å². The summed E-state index contributed by atoms with van der Waals surface area (Å²) in [5.41, 5.74) is 5.71. The van der Waals surface area contributed by atoms with E-state index in [1.807, 2.05) is 0 Å². The molecule has 1 unspecified atom stereocenters. The predicted molar refractivity (Wildman–Crippen MR) is 66.8 cm³/mol. The molecule has 1 aliphatic rings. The van der Waals surface area contributed by atoms with Crippen LogP contribution in [0.4, 0.5) is 5.82 Å². The van der Waals surface area contributed by atoms with E-state index in [9.17, 15) is 0 Å². The van der Waals surface area contributed by atoms with Gasteiger partial charge in [0.25, 0.3) is 0 Å². The number of anilines is 1. The van der Waals surface area contributed by atoms with Gasteiger partial charge in [-0.15, -0.1) is 11.3 Å². The van der Waals surface area contributed by atoms with E-state index < -0.39 is 0 Å². The highest BCUT2D eigenvalue weighted by molar-refractivity contribution is 7.16. The van der Waals surface area contributed by atoms with Gasteiger partial charge in [-0.25, -0.2) is 9.97 Å². The zero-order chi connectivity index (χ0) is 11.0. The second kappa shape index (κ2) is 3.99. The molecule has 1 atom stereocenters. The Kier molecular flexibility index (Phi) is 2.49. The number of rotatable bonds is 2. The molecule has 16 heavy (non-hydrogen) atoms. The van der Waals surface area contributed by atoms with Crippen molar-refractivity contribution < 1.29 is 0 Å². The second-order valence-corrected chi connectivity index (χ2v) is 5.07. The molecule has 2 N–H and O–H groups in total. The summed E-state index contributed by atoms with van der Waals surface area (Å²) in [7, 11) is 0. The summed E-state index contributed by atoms with van der Waals surface area (Å²) < 4.78 is 0. The lowest BCUT2D eigenvalue weighted by atomic mass is 10.1. The van der Waals surface area contributed by atoms with E-state index in [1.54, 1.807) is 17.7 Å². The van der Waals surface area contributed by atoms with E-state index in [1.165, 1.54) is 11.8 Å². The highest BCUT2D eigenvalue weighted by Crippen LogP contribution is 2.29. The van der Waals surface area contributed by atoms with Gasteiger partial charge in [-0.1, -0.05) is 0 Å². The van der Waals surface area contributed by atoms with Crippen LogP contribution < -0.4 is 10.6 Å². The van der Waals surface area contributed by atoms with Crippen LogP contribution in [0.3, 0.4) is 0 Å². The van der Waals surface area contributed by atoms with Crippen molar-refractivity contribution in [2.75, 3.05) is 24.5 Å². The number of nitrogens with zero attached hydrogens (tertiary/aromatic N) is 3. The molecule has 1 fully saturated rings. The van der Waals surface area contributed by atoms with Gasteiger partial charge in [-0.2, -0.15) is 0 Å². The van der Waals surface area contributed by atoms with Crippen molar-refractivity contribution in [3.05, 3.63) is 17.8 Å². The van der Waals surface area contributed by atoms with Gasteiger partial charge in [-0.05, 0) is 30.3 Å². The van der Waals surface area contributed by atoms with Gasteiger partial charge in [-0.3, -0.25) is 0 Å². The molecule has 5 heteroatoms. The van der Waals surface area contributed by atoms with E-state index in [2.05, 4.69) is 26.3 Å². The Bertz CT molecular complexity index is 495. The van der Waals surface area contributed by atoms with E-state index in [-0.39, 0.29) is 0 Å². The first-order valence-electron chi connectivity index (χ1n) is 5.51. The van der Waals surface area contributed by atoms with Crippen molar-refractivity contribution in [1.82, 2.24) is 9.97 Å². The van der Waals surface area contributed by atoms with Crippen LogP contribution in [-0.4, -0.2) is 29.6 Å². The van der Waals surface area contributed by atoms with Crippen molar-refractivity contribution in [3.8, 4) is 0 Å². The Morgan fingerprint density at radius 3 is 3.25 bits per heavy atom. The normalized spacial score (nSPS) is 20.8. The van der Waals surface area contributed by atoms with Crippen LogP contribution in [0.2, 0.25) is 0 Å². The lowest BCUT2D eigenvalue weighted by Crippen LogP contribution is -2.23. The first-order chi connectivity index (χ1) is 7.88. The summed E-state index contributed by atoms with van der Waals surface area (Å²) >= 11 is 1.66. The molecule has 84 valence electrons.